The van der Waals surface area contributed by atoms with Gasteiger partial charge in [0.05, 0.1) is 12.2 Å². The largest absolute Gasteiger partial charge is 0.489 e. The molecule has 1 aliphatic carbocycles. The SMILES string of the molecule is O=C(NC1CCC(C(F)(F)F)CC1)c1occc1COc1ccccc1. The first kappa shape index (κ1) is 18.4. The predicted octanol–water partition coefficient (Wildman–Crippen LogP) is 4.71. The summed E-state index contributed by atoms with van der Waals surface area (Å²) in [6, 6.07) is 10.5. The van der Waals surface area contributed by atoms with E-state index in [2.05, 4.69) is 5.32 Å². The molecule has 3 rings (SSSR count). The van der Waals surface area contributed by atoms with Gasteiger partial charge < -0.3 is 14.5 Å². The van der Waals surface area contributed by atoms with Crippen LogP contribution >= 0.6 is 0 Å². The number of para-hydroxylation sites is 1. The zero-order chi connectivity index (χ0) is 18.6. The fourth-order valence-corrected chi connectivity index (χ4v) is 3.14. The number of rotatable bonds is 5. The van der Waals surface area contributed by atoms with E-state index in [0.29, 0.717) is 24.2 Å². The van der Waals surface area contributed by atoms with Gasteiger partial charge in [0.2, 0.25) is 0 Å². The second-order valence-electron chi connectivity index (χ2n) is 6.44. The molecular weight excluding hydrogens is 347 g/mol. The number of halogens is 3. The Kier molecular flexibility index (Phi) is 5.54. The number of amides is 1. The Labute approximate surface area is 149 Å². The minimum atomic E-state index is -4.15. The van der Waals surface area contributed by atoms with Gasteiger partial charge in [0.1, 0.15) is 12.4 Å². The standard InChI is InChI=1S/C19H20F3NO3/c20-19(21,22)14-6-8-15(9-7-14)23-18(24)17-13(10-11-25-17)12-26-16-4-2-1-3-5-16/h1-5,10-11,14-15H,6-9,12H2,(H,23,24). The van der Waals surface area contributed by atoms with Crippen molar-refractivity contribution in [2.75, 3.05) is 0 Å². The van der Waals surface area contributed by atoms with Crippen LogP contribution < -0.4 is 10.1 Å². The highest BCUT2D eigenvalue weighted by atomic mass is 19.4. The molecule has 1 aliphatic rings. The molecular formula is C19H20F3NO3. The van der Waals surface area contributed by atoms with Crippen molar-refractivity contribution < 1.29 is 27.1 Å². The van der Waals surface area contributed by atoms with Gasteiger partial charge >= 0.3 is 6.18 Å². The second kappa shape index (κ2) is 7.85. The number of carbonyl (C=O) groups excluding carboxylic acids is 1. The third-order valence-corrected chi connectivity index (χ3v) is 4.62. The zero-order valence-electron chi connectivity index (χ0n) is 14.1. The number of hydrogen-bond donors (Lipinski definition) is 1. The monoisotopic (exact) mass is 367 g/mol. The topological polar surface area (TPSA) is 51.5 Å². The summed E-state index contributed by atoms with van der Waals surface area (Å²) >= 11 is 0. The molecule has 2 aromatic rings. The molecule has 1 saturated carbocycles. The molecule has 0 spiro atoms. The Morgan fingerprint density at radius 3 is 2.46 bits per heavy atom. The van der Waals surface area contributed by atoms with Crippen molar-refractivity contribution in [3.8, 4) is 5.75 Å². The quantitative estimate of drug-likeness (QED) is 0.833. The molecule has 0 saturated heterocycles. The van der Waals surface area contributed by atoms with Gasteiger partial charge in [0.25, 0.3) is 5.91 Å². The molecule has 0 unspecified atom stereocenters. The molecule has 0 aliphatic heterocycles. The molecule has 1 N–H and O–H groups in total. The molecule has 0 bridgehead atoms. The summed E-state index contributed by atoms with van der Waals surface area (Å²) in [4.78, 5) is 12.4. The summed E-state index contributed by atoms with van der Waals surface area (Å²) in [6.45, 7) is 0.171. The van der Waals surface area contributed by atoms with E-state index in [9.17, 15) is 18.0 Å². The lowest BCUT2D eigenvalue weighted by atomic mass is 9.85. The van der Waals surface area contributed by atoms with Gasteiger partial charge in [0.15, 0.2) is 5.76 Å². The Morgan fingerprint density at radius 1 is 1.12 bits per heavy atom. The van der Waals surface area contributed by atoms with Gasteiger partial charge in [-0.25, -0.2) is 0 Å². The van der Waals surface area contributed by atoms with Crippen LogP contribution in [-0.4, -0.2) is 18.1 Å². The summed E-state index contributed by atoms with van der Waals surface area (Å²) in [5.74, 6) is -0.879. The summed E-state index contributed by atoms with van der Waals surface area (Å²) in [5, 5.41) is 2.78. The van der Waals surface area contributed by atoms with Gasteiger partial charge in [0, 0.05) is 11.6 Å². The van der Waals surface area contributed by atoms with Crippen LogP contribution in [-0.2, 0) is 6.61 Å². The Hall–Kier alpha value is -2.44. The minimum absolute atomic E-state index is 0.0383. The number of nitrogens with one attached hydrogen (secondary N) is 1. The van der Waals surface area contributed by atoms with Crippen molar-refractivity contribution in [1.29, 1.82) is 0 Å². The summed E-state index contributed by atoms with van der Waals surface area (Å²) in [6.07, 6.45) is -2.05. The van der Waals surface area contributed by atoms with Crippen LogP contribution in [0.1, 0.15) is 41.8 Å². The van der Waals surface area contributed by atoms with Crippen molar-refractivity contribution in [2.45, 2.75) is 44.5 Å². The van der Waals surface area contributed by atoms with E-state index >= 15 is 0 Å². The normalized spacial score (nSPS) is 20.6. The Morgan fingerprint density at radius 2 is 1.81 bits per heavy atom. The van der Waals surface area contributed by atoms with Gasteiger partial charge in [-0.2, -0.15) is 13.2 Å². The first-order valence-electron chi connectivity index (χ1n) is 8.55. The van der Waals surface area contributed by atoms with Crippen molar-refractivity contribution in [1.82, 2.24) is 5.32 Å². The maximum Gasteiger partial charge on any atom is 0.391 e. The summed E-state index contributed by atoms with van der Waals surface area (Å²) < 4.78 is 49.0. The van der Waals surface area contributed by atoms with Crippen LogP contribution in [0, 0.1) is 5.92 Å². The third-order valence-electron chi connectivity index (χ3n) is 4.62. The molecule has 4 nitrogen and oxygen atoms in total. The van der Waals surface area contributed by atoms with Crippen molar-refractivity contribution >= 4 is 5.91 Å². The lowest BCUT2D eigenvalue weighted by Gasteiger charge is -2.30. The Balaban J connectivity index is 1.54. The van der Waals surface area contributed by atoms with E-state index in [1.54, 1.807) is 18.2 Å². The lowest BCUT2D eigenvalue weighted by Crippen LogP contribution is -2.40. The van der Waals surface area contributed by atoms with Gasteiger partial charge in [-0.1, -0.05) is 18.2 Å². The highest BCUT2D eigenvalue weighted by Gasteiger charge is 2.41. The summed E-state index contributed by atoms with van der Waals surface area (Å²) in [7, 11) is 0. The molecule has 0 atom stereocenters. The number of benzene rings is 1. The molecule has 1 aromatic carbocycles. The molecule has 1 heterocycles. The van der Waals surface area contributed by atoms with E-state index in [1.807, 2.05) is 18.2 Å². The number of carbonyl (C=O) groups is 1. The highest BCUT2D eigenvalue weighted by molar-refractivity contribution is 5.93. The minimum Gasteiger partial charge on any atom is -0.489 e. The Bertz CT molecular complexity index is 719. The van der Waals surface area contributed by atoms with Crippen LogP contribution in [0.25, 0.3) is 0 Å². The first-order chi connectivity index (χ1) is 12.4. The second-order valence-corrected chi connectivity index (χ2v) is 6.44. The number of ether oxygens (including phenoxy) is 1. The van der Waals surface area contributed by atoms with E-state index < -0.39 is 18.0 Å². The fraction of sp³-hybridized carbons (Fsp3) is 0.421. The van der Waals surface area contributed by atoms with Crippen LogP contribution in [0.15, 0.2) is 47.1 Å². The molecule has 1 aromatic heterocycles. The fourth-order valence-electron chi connectivity index (χ4n) is 3.14. The number of alkyl halides is 3. The molecule has 1 fully saturated rings. The average Bonchev–Trinajstić information content (AvgIpc) is 3.09. The van der Waals surface area contributed by atoms with Gasteiger partial charge in [-0.15, -0.1) is 0 Å². The summed E-state index contributed by atoms with van der Waals surface area (Å²) in [5.41, 5.74) is 0.593. The van der Waals surface area contributed by atoms with Crippen molar-refractivity contribution in [3.05, 3.63) is 54.0 Å². The maximum absolute atomic E-state index is 12.7. The first-order valence-corrected chi connectivity index (χ1v) is 8.55. The molecule has 7 heteroatoms. The van der Waals surface area contributed by atoms with E-state index in [4.69, 9.17) is 9.15 Å². The number of furan rings is 1. The van der Waals surface area contributed by atoms with E-state index in [0.717, 1.165) is 0 Å². The number of hydrogen-bond acceptors (Lipinski definition) is 3. The van der Waals surface area contributed by atoms with Crippen LogP contribution in [0.5, 0.6) is 5.75 Å². The molecule has 1 amide bonds. The van der Waals surface area contributed by atoms with Crippen molar-refractivity contribution in [3.63, 3.8) is 0 Å². The smallest absolute Gasteiger partial charge is 0.391 e. The maximum atomic E-state index is 12.7. The zero-order valence-corrected chi connectivity index (χ0v) is 14.1. The van der Waals surface area contributed by atoms with Gasteiger partial charge in [-0.05, 0) is 43.9 Å². The third kappa shape index (κ3) is 4.59. The van der Waals surface area contributed by atoms with Gasteiger partial charge in [-0.3, -0.25) is 4.79 Å². The van der Waals surface area contributed by atoms with E-state index in [1.165, 1.54) is 6.26 Å². The van der Waals surface area contributed by atoms with Crippen LogP contribution in [0.3, 0.4) is 0 Å². The highest BCUT2D eigenvalue weighted by Crippen LogP contribution is 2.37. The van der Waals surface area contributed by atoms with E-state index in [-0.39, 0.29) is 31.3 Å². The molecule has 0 radical (unpaired) electrons. The van der Waals surface area contributed by atoms with Crippen LogP contribution in [0.2, 0.25) is 0 Å². The molecule has 140 valence electrons. The average molecular weight is 367 g/mol. The predicted molar refractivity (Wildman–Crippen MR) is 88.7 cm³/mol. The van der Waals surface area contributed by atoms with Crippen LogP contribution in [0.4, 0.5) is 13.2 Å². The van der Waals surface area contributed by atoms with Crippen molar-refractivity contribution in [2.24, 2.45) is 5.92 Å². The molecule has 26 heavy (non-hydrogen) atoms. The lowest BCUT2D eigenvalue weighted by molar-refractivity contribution is -0.182.